The summed E-state index contributed by atoms with van der Waals surface area (Å²) in [6.07, 6.45) is -3.64. The highest BCUT2D eigenvalue weighted by molar-refractivity contribution is 5.82. The fourth-order valence-electron chi connectivity index (χ4n) is 2.46. The number of methoxy groups -OCH3 is 1. The average Bonchev–Trinajstić information content (AvgIpc) is 2.38. The topological polar surface area (TPSA) is 64.3 Å². The predicted molar refractivity (Wildman–Crippen MR) is 67.4 cm³/mol. The minimum atomic E-state index is -4.86. The molecule has 20 heavy (non-hydrogen) atoms. The summed E-state index contributed by atoms with van der Waals surface area (Å²) in [5.41, 5.74) is 8.12. The first-order valence-corrected chi connectivity index (χ1v) is 6.15. The third-order valence-electron chi connectivity index (χ3n) is 3.43. The van der Waals surface area contributed by atoms with Gasteiger partial charge in [-0.1, -0.05) is 0 Å². The van der Waals surface area contributed by atoms with E-state index in [1.165, 1.54) is 7.11 Å². The van der Waals surface area contributed by atoms with E-state index in [0.717, 1.165) is 11.1 Å². The van der Waals surface area contributed by atoms with Gasteiger partial charge in [-0.05, 0) is 37.0 Å². The molecule has 0 aromatic heterocycles. The summed E-state index contributed by atoms with van der Waals surface area (Å²) in [6.45, 7) is 0. The number of fused-ring (bicyclic) bond motifs is 1. The Morgan fingerprint density at radius 3 is 2.70 bits per heavy atom. The highest BCUT2D eigenvalue weighted by atomic mass is 19.4. The number of hydrogen-bond donors (Lipinski definition) is 2. The SMILES string of the molecule is COc1ccc(N)c2c1CC(NC(=O)C(F)(F)F)CC2. The molecule has 0 heterocycles. The van der Waals surface area contributed by atoms with Crippen molar-refractivity contribution in [1.29, 1.82) is 0 Å². The highest BCUT2D eigenvalue weighted by Crippen LogP contribution is 2.33. The summed E-state index contributed by atoms with van der Waals surface area (Å²) in [7, 11) is 1.49. The number of hydrogen-bond acceptors (Lipinski definition) is 3. The van der Waals surface area contributed by atoms with E-state index in [2.05, 4.69) is 0 Å². The van der Waals surface area contributed by atoms with Gasteiger partial charge in [0.25, 0.3) is 0 Å². The highest BCUT2D eigenvalue weighted by Gasteiger charge is 2.40. The fraction of sp³-hybridized carbons (Fsp3) is 0.462. The number of benzene rings is 1. The predicted octanol–water partition coefficient (Wildman–Crippen LogP) is 1.81. The summed E-state index contributed by atoms with van der Waals surface area (Å²) < 4.78 is 42.0. The summed E-state index contributed by atoms with van der Waals surface area (Å²) in [5.74, 6) is -1.33. The number of carbonyl (C=O) groups excluding carboxylic acids is 1. The van der Waals surface area contributed by atoms with E-state index in [9.17, 15) is 18.0 Å². The van der Waals surface area contributed by atoms with Gasteiger partial charge in [0.1, 0.15) is 5.75 Å². The molecule has 2 rings (SSSR count). The van der Waals surface area contributed by atoms with Gasteiger partial charge in [-0.15, -0.1) is 0 Å². The molecule has 1 aromatic rings. The molecule has 1 aromatic carbocycles. The number of carbonyl (C=O) groups is 1. The normalized spacial score (nSPS) is 18.3. The first-order chi connectivity index (χ1) is 9.32. The fourth-order valence-corrected chi connectivity index (χ4v) is 2.46. The molecule has 1 aliphatic rings. The molecule has 0 radical (unpaired) electrons. The lowest BCUT2D eigenvalue weighted by Gasteiger charge is -2.28. The van der Waals surface area contributed by atoms with E-state index in [1.807, 2.05) is 5.32 Å². The molecule has 110 valence electrons. The Morgan fingerprint density at radius 1 is 1.40 bits per heavy atom. The number of anilines is 1. The van der Waals surface area contributed by atoms with Crippen molar-refractivity contribution in [2.24, 2.45) is 0 Å². The van der Waals surface area contributed by atoms with Gasteiger partial charge < -0.3 is 15.8 Å². The first kappa shape index (κ1) is 14.5. The molecule has 3 N–H and O–H groups in total. The maximum absolute atomic E-state index is 12.3. The van der Waals surface area contributed by atoms with Gasteiger partial charge >= 0.3 is 12.1 Å². The quantitative estimate of drug-likeness (QED) is 0.816. The van der Waals surface area contributed by atoms with Gasteiger partial charge in [-0.3, -0.25) is 4.79 Å². The van der Waals surface area contributed by atoms with Gasteiger partial charge in [0.05, 0.1) is 7.11 Å². The zero-order valence-electron chi connectivity index (χ0n) is 10.9. The van der Waals surface area contributed by atoms with Crippen LogP contribution < -0.4 is 15.8 Å². The van der Waals surface area contributed by atoms with Gasteiger partial charge in [0.15, 0.2) is 0 Å². The number of ether oxygens (including phenoxy) is 1. The Bertz CT molecular complexity index is 529. The molecule has 1 aliphatic carbocycles. The number of rotatable bonds is 2. The van der Waals surface area contributed by atoms with Crippen LogP contribution in [0.4, 0.5) is 18.9 Å². The lowest BCUT2D eigenvalue weighted by atomic mass is 9.86. The Hall–Kier alpha value is -1.92. The van der Waals surface area contributed by atoms with Crippen molar-refractivity contribution < 1.29 is 22.7 Å². The molecule has 0 aliphatic heterocycles. The number of alkyl halides is 3. The van der Waals surface area contributed by atoms with Gasteiger partial charge in [-0.2, -0.15) is 13.2 Å². The van der Waals surface area contributed by atoms with Crippen LogP contribution in [-0.4, -0.2) is 25.2 Å². The van der Waals surface area contributed by atoms with E-state index in [-0.39, 0.29) is 6.42 Å². The van der Waals surface area contributed by atoms with E-state index in [4.69, 9.17) is 10.5 Å². The molecule has 0 fully saturated rings. The summed E-state index contributed by atoms with van der Waals surface area (Å²) >= 11 is 0. The van der Waals surface area contributed by atoms with Crippen molar-refractivity contribution in [3.05, 3.63) is 23.3 Å². The van der Waals surface area contributed by atoms with Crippen LogP contribution in [0.25, 0.3) is 0 Å². The van der Waals surface area contributed by atoms with Gasteiger partial charge in [0, 0.05) is 17.3 Å². The van der Waals surface area contributed by atoms with Crippen molar-refractivity contribution >= 4 is 11.6 Å². The van der Waals surface area contributed by atoms with Crippen LogP contribution in [0, 0.1) is 0 Å². The molecule has 1 atom stereocenters. The van der Waals surface area contributed by atoms with E-state index in [1.54, 1.807) is 12.1 Å². The number of nitrogens with two attached hydrogens (primary N) is 1. The van der Waals surface area contributed by atoms with E-state index < -0.39 is 18.1 Å². The molecular weight excluding hydrogens is 273 g/mol. The van der Waals surface area contributed by atoms with E-state index >= 15 is 0 Å². The molecule has 0 spiro atoms. The second-order valence-corrected chi connectivity index (χ2v) is 4.73. The average molecular weight is 288 g/mol. The number of nitrogens with one attached hydrogen (secondary N) is 1. The van der Waals surface area contributed by atoms with Gasteiger partial charge in [-0.25, -0.2) is 0 Å². The third-order valence-corrected chi connectivity index (χ3v) is 3.43. The molecule has 4 nitrogen and oxygen atoms in total. The zero-order valence-corrected chi connectivity index (χ0v) is 10.9. The Morgan fingerprint density at radius 2 is 2.10 bits per heavy atom. The summed E-state index contributed by atoms with van der Waals surface area (Å²) in [6, 6.07) is 2.83. The van der Waals surface area contributed by atoms with Crippen LogP contribution in [0.1, 0.15) is 17.5 Å². The maximum atomic E-state index is 12.3. The largest absolute Gasteiger partial charge is 0.496 e. The number of nitrogen functional groups attached to an aromatic ring is 1. The third kappa shape index (κ3) is 2.81. The van der Waals surface area contributed by atoms with Crippen molar-refractivity contribution in [2.45, 2.75) is 31.5 Å². The summed E-state index contributed by atoms with van der Waals surface area (Å²) in [4.78, 5) is 11.0. The smallest absolute Gasteiger partial charge is 0.471 e. The van der Waals surface area contributed by atoms with Crippen LogP contribution in [-0.2, 0) is 17.6 Å². The monoisotopic (exact) mass is 288 g/mol. The minimum Gasteiger partial charge on any atom is -0.496 e. The minimum absolute atomic E-state index is 0.283. The Balaban J connectivity index is 2.18. The van der Waals surface area contributed by atoms with Crippen LogP contribution in [0.5, 0.6) is 5.75 Å². The lowest BCUT2D eigenvalue weighted by molar-refractivity contribution is -0.174. The van der Waals surface area contributed by atoms with Crippen molar-refractivity contribution in [3.8, 4) is 5.75 Å². The maximum Gasteiger partial charge on any atom is 0.471 e. The van der Waals surface area contributed by atoms with Crippen LogP contribution in [0.15, 0.2) is 12.1 Å². The Kier molecular flexibility index (Phi) is 3.78. The molecule has 1 amide bonds. The van der Waals surface area contributed by atoms with Gasteiger partial charge in [0.2, 0.25) is 0 Å². The molecule has 0 saturated heterocycles. The number of halogens is 3. The second-order valence-electron chi connectivity index (χ2n) is 4.73. The van der Waals surface area contributed by atoms with E-state index in [0.29, 0.717) is 24.3 Å². The van der Waals surface area contributed by atoms with Crippen LogP contribution in [0.3, 0.4) is 0 Å². The molecule has 1 unspecified atom stereocenters. The number of amides is 1. The van der Waals surface area contributed by atoms with Crippen molar-refractivity contribution in [3.63, 3.8) is 0 Å². The van der Waals surface area contributed by atoms with Crippen molar-refractivity contribution in [1.82, 2.24) is 5.32 Å². The zero-order chi connectivity index (χ0) is 14.9. The Labute approximate surface area is 114 Å². The molecular formula is C13H15F3N2O2. The summed E-state index contributed by atoms with van der Waals surface area (Å²) in [5, 5.41) is 2.01. The van der Waals surface area contributed by atoms with Crippen LogP contribution in [0.2, 0.25) is 0 Å². The van der Waals surface area contributed by atoms with Crippen LogP contribution >= 0.6 is 0 Å². The molecule has 0 saturated carbocycles. The first-order valence-electron chi connectivity index (χ1n) is 6.15. The standard InChI is InChI=1S/C13H15F3N2O2/c1-20-11-5-4-10(17)8-3-2-7(6-9(8)11)18-12(19)13(14,15)16/h4-5,7H,2-3,6,17H2,1H3,(H,18,19). The van der Waals surface area contributed by atoms with Crippen molar-refractivity contribution in [2.75, 3.05) is 12.8 Å². The molecule has 7 heteroatoms. The molecule has 0 bridgehead atoms. The second kappa shape index (κ2) is 5.22. The lowest BCUT2D eigenvalue weighted by Crippen LogP contribution is -2.45.